The van der Waals surface area contributed by atoms with Crippen molar-refractivity contribution in [2.75, 3.05) is 5.32 Å². The Labute approximate surface area is 160 Å². The van der Waals surface area contributed by atoms with E-state index in [1.54, 1.807) is 18.3 Å². The Morgan fingerprint density at radius 2 is 1.96 bits per heavy atom. The highest BCUT2D eigenvalue weighted by molar-refractivity contribution is 7.11. The molecule has 3 rings (SSSR count). The predicted molar refractivity (Wildman–Crippen MR) is 107 cm³/mol. The second-order valence-corrected chi connectivity index (χ2v) is 6.81. The van der Waals surface area contributed by atoms with Gasteiger partial charge in [0.2, 0.25) is 0 Å². The first-order valence-corrected chi connectivity index (χ1v) is 9.00. The van der Waals surface area contributed by atoms with Crippen molar-refractivity contribution in [2.45, 2.75) is 13.8 Å². The van der Waals surface area contributed by atoms with Gasteiger partial charge in [-0.15, -0.1) is 11.3 Å². The number of nitro benzene ring substituents is 1. The summed E-state index contributed by atoms with van der Waals surface area (Å²) >= 11 is 1.35. The molecule has 0 amide bonds. The van der Waals surface area contributed by atoms with Crippen LogP contribution in [0.25, 0.3) is 16.8 Å². The summed E-state index contributed by atoms with van der Waals surface area (Å²) in [7, 11) is 0. The highest BCUT2D eigenvalue weighted by atomic mass is 32.1. The molecule has 1 N–H and O–H groups in total. The maximum Gasteiger partial charge on any atom is 0.269 e. The minimum absolute atomic E-state index is 0.0319. The number of anilines is 1. The summed E-state index contributed by atoms with van der Waals surface area (Å²) in [6.45, 7) is 4.08. The molecule has 2 aromatic carbocycles. The molecule has 134 valence electrons. The summed E-state index contributed by atoms with van der Waals surface area (Å²) in [5, 5.41) is 25.8. The first-order chi connectivity index (χ1) is 13.0. The maximum absolute atomic E-state index is 10.8. The zero-order valence-corrected chi connectivity index (χ0v) is 15.6. The molecule has 0 aliphatic rings. The number of rotatable bonds is 5. The molecule has 0 bridgehead atoms. The fourth-order valence-corrected chi connectivity index (χ4v) is 3.21. The third-order valence-corrected chi connectivity index (χ3v) is 4.99. The van der Waals surface area contributed by atoms with Gasteiger partial charge in [0.25, 0.3) is 5.69 Å². The van der Waals surface area contributed by atoms with Crippen LogP contribution in [0.3, 0.4) is 0 Å². The third-order valence-electron chi connectivity index (χ3n) is 4.12. The van der Waals surface area contributed by atoms with Gasteiger partial charge in [0.15, 0.2) is 0 Å². The lowest BCUT2D eigenvalue weighted by molar-refractivity contribution is -0.384. The van der Waals surface area contributed by atoms with Gasteiger partial charge in [0, 0.05) is 35.0 Å². The zero-order valence-electron chi connectivity index (χ0n) is 14.8. The summed E-state index contributed by atoms with van der Waals surface area (Å²) in [5.41, 5.74) is 5.17. The van der Waals surface area contributed by atoms with Crippen LogP contribution in [0.15, 0.2) is 54.0 Å². The molecule has 7 heteroatoms. The topological polar surface area (TPSA) is 91.8 Å². The van der Waals surface area contributed by atoms with E-state index in [1.807, 2.05) is 37.4 Å². The number of aromatic nitrogens is 1. The number of non-ortho nitro benzene ring substituents is 1. The average molecular weight is 376 g/mol. The Balaban J connectivity index is 1.81. The van der Waals surface area contributed by atoms with Crippen LogP contribution in [0.2, 0.25) is 0 Å². The van der Waals surface area contributed by atoms with Crippen LogP contribution in [-0.4, -0.2) is 9.91 Å². The number of hydrogen-bond donors (Lipinski definition) is 1. The Hall–Kier alpha value is -3.50. The van der Waals surface area contributed by atoms with Crippen LogP contribution in [0.1, 0.15) is 16.1 Å². The molecule has 0 unspecified atom stereocenters. The molecule has 1 heterocycles. The lowest BCUT2D eigenvalue weighted by Crippen LogP contribution is -1.92. The molecule has 0 aliphatic carbocycles. The first kappa shape index (κ1) is 18.3. The quantitative estimate of drug-likeness (QED) is 0.370. The van der Waals surface area contributed by atoms with Crippen LogP contribution < -0.4 is 5.32 Å². The van der Waals surface area contributed by atoms with Gasteiger partial charge in [0.05, 0.1) is 10.6 Å². The smallest absolute Gasteiger partial charge is 0.269 e. The summed E-state index contributed by atoms with van der Waals surface area (Å²) in [6, 6.07) is 14.3. The standard InChI is InChI=1S/C20H16N4O2S/c1-13-3-6-17(9-14(13)2)22-11-16(10-21)20-23-19(12-27-20)15-4-7-18(8-5-15)24(25)26/h3-9,11-12,22H,1-2H3. The number of nitro groups is 1. The van der Waals surface area contributed by atoms with Gasteiger partial charge in [-0.3, -0.25) is 10.1 Å². The minimum Gasteiger partial charge on any atom is -0.360 e. The van der Waals surface area contributed by atoms with E-state index in [9.17, 15) is 15.4 Å². The fraction of sp³-hybridized carbons (Fsp3) is 0.100. The molecule has 1 aromatic heterocycles. The molecular weight excluding hydrogens is 360 g/mol. The van der Waals surface area contributed by atoms with E-state index in [4.69, 9.17) is 0 Å². The molecular formula is C20H16N4O2S. The van der Waals surface area contributed by atoms with E-state index in [1.165, 1.54) is 34.6 Å². The van der Waals surface area contributed by atoms with Crippen LogP contribution in [0.4, 0.5) is 11.4 Å². The Bertz CT molecular complexity index is 1060. The van der Waals surface area contributed by atoms with E-state index in [2.05, 4.69) is 16.4 Å². The Kier molecular flexibility index (Phi) is 5.29. The first-order valence-electron chi connectivity index (χ1n) is 8.12. The van der Waals surface area contributed by atoms with Gasteiger partial charge < -0.3 is 5.32 Å². The van der Waals surface area contributed by atoms with Crippen molar-refractivity contribution in [2.24, 2.45) is 0 Å². The summed E-state index contributed by atoms with van der Waals surface area (Å²) in [4.78, 5) is 14.8. The zero-order chi connectivity index (χ0) is 19.4. The number of nitrogens with one attached hydrogen (secondary N) is 1. The van der Waals surface area contributed by atoms with Crippen LogP contribution in [-0.2, 0) is 0 Å². The molecule has 0 atom stereocenters. The number of allylic oxidation sites excluding steroid dienone is 1. The predicted octanol–water partition coefficient (Wildman–Crippen LogP) is 5.31. The Morgan fingerprint density at radius 3 is 2.59 bits per heavy atom. The number of benzene rings is 2. The molecule has 0 fully saturated rings. The highest BCUT2D eigenvalue weighted by Crippen LogP contribution is 2.27. The largest absolute Gasteiger partial charge is 0.360 e. The monoisotopic (exact) mass is 376 g/mol. The second-order valence-electron chi connectivity index (χ2n) is 5.96. The lowest BCUT2D eigenvalue weighted by Gasteiger charge is -2.05. The van der Waals surface area contributed by atoms with Gasteiger partial charge in [-0.25, -0.2) is 4.98 Å². The van der Waals surface area contributed by atoms with Gasteiger partial charge in [-0.05, 0) is 49.2 Å². The van der Waals surface area contributed by atoms with E-state index in [0.29, 0.717) is 16.3 Å². The van der Waals surface area contributed by atoms with Crippen molar-refractivity contribution in [3.05, 3.63) is 80.3 Å². The van der Waals surface area contributed by atoms with Crippen molar-refractivity contribution in [1.82, 2.24) is 4.98 Å². The molecule has 0 spiro atoms. The van der Waals surface area contributed by atoms with Crippen LogP contribution >= 0.6 is 11.3 Å². The molecule has 0 saturated carbocycles. The Morgan fingerprint density at radius 1 is 1.22 bits per heavy atom. The SMILES string of the molecule is Cc1ccc(NC=C(C#N)c2nc(-c3ccc([N+](=O)[O-])cc3)cs2)cc1C. The fourth-order valence-electron chi connectivity index (χ4n) is 2.41. The number of hydrogen-bond acceptors (Lipinski definition) is 6. The lowest BCUT2D eigenvalue weighted by atomic mass is 10.1. The van der Waals surface area contributed by atoms with Crippen molar-refractivity contribution in [3.8, 4) is 17.3 Å². The summed E-state index contributed by atoms with van der Waals surface area (Å²) in [5.74, 6) is 0. The summed E-state index contributed by atoms with van der Waals surface area (Å²) in [6.07, 6.45) is 1.64. The molecule has 0 aliphatic heterocycles. The molecule has 0 radical (unpaired) electrons. The number of nitrogens with zero attached hydrogens (tertiary/aromatic N) is 3. The van der Waals surface area contributed by atoms with E-state index in [-0.39, 0.29) is 5.69 Å². The third kappa shape index (κ3) is 4.19. The molecule has 6 nitrogen and oxygen atoms in total. The summed E-state index contributed by atoms with van der Waals surface area (Å²) < 4.78 is 0. The number of aryl methyl sites for hydroxylation is 2. The van der Waals surface area contributed by atoms with Crippen LogP contribution in [0.5, 0.6) is 0 Å². The van der Waals surface area contributed by atoms with Crippen molar-refractivity contribution in [1.29, 1.82) is 5.26 Å². The van der Waals surface area contributed by atoms with Gasteiger partial charge >= 0.3 is 0 Å². The van der Waals surface area contributed by atoms with Gasteiger partial charge in [-0.2, -0.15) is 5.26 Å². The van der Waals surface area contributed by atoms with Crippen LogP contribution in [0, 0.1) is 35.3 Å². The molecule has 27 heavy (non-hydrogen) atoms. The minimum atomic E-state index is -0.439. The van der Waals surface area contributed by atoms with Crippen molar-refractivity contribution in [3.63, 3.8) is 0 Å². The van der Waals surface area contributed by atoms with Crippen molar-refractivity contribution >= 4 is 28.3 Å². The normalized spacial score (nSPS) is 11.1. The number of nitriles is 1. The number of thiazole rings is 1. The average Bonchev–Trinajstić information content (AvgIpc) is 3.15. The molecule has 0 saturated heterocycles. The maximum atomic E-state index is 10.8. The van der Waals surface area contributed by atoms with E-state index >= 15 is 0 Å². The van der Waals surface area contributed by atoms with Gasteiger partial charge in [0.1, 0.15) is 16.6 Å². The van der Waals surface area contributed by atoms with E-state index < -0.39 is 4.92 Å². The molecule has 3 aromatic rings. The highest BCUT2D eigenvalue weighted by Gasteiger charge is 2.11. The van der Waals surface area contributed by atoms with Crippen molar-refractivity contribution < 1.29 is 4.92 Å². The van der Waals surface area contributed by atoms with Gasteiger partial charge in [-0.1, -0.05) is 6.07 Å². The van der Waals surface area contributed by atoms with E-state index in [0.717, 1.165) is 11.3 Å². The second kappa shape index (κ2) is 7.81.